The maximum atomic E-state index is 13.2. The summed E-state index contributed by atoms with van der Waals surface area (Å²) in [6.07, 6.45) is 10.3. The van der Waals surface area contributed by atoms with Crippen LogP contribution in [0.1, 0.15) is 92.9 Å². The van der Waals surface area contributed by atoms with Crippen molar-refractivity contribution in [3.05, 3.63) is 0 Å². The Labute approximate surface area is 155 Å². The third-order valence-corrected chi connectivity index (χ3v) is 8.22. The van der Waals surface area contributed by atoms with Crippen LogP contribution in [0.25, 0.3) is 0 Å². The van der Waals surface area contributed by atoms with E-state index in [-0.39, 0.29) is 16.8 Å². The normalized spacial score (nSPS) is 36.5. The largest absolute Gasteiger partial charge is 0.465 e. The minimum atomic E-state index is -0.373. The molecule has 0 spiro atoms. The van der Waals surface area contributed by atoms with Crippen LogP contribution in [-0.2, 0) is 9.53 Å². The van der Waals surface area contributed by atoms with Gasteiger partial charge in [0.15, 0.2) is 0 Å². The summed E-state index contributed by atoms with van der Waals surface area (Å²) in [6.45, 7) is 14.0. The van der Waals surface area contributed by atoms with Gasteiger partial charge in [-0.15, -0.1) is 0 Å². The van der Waals surface area contributed by atoms with E-state index < -0.39 is 0 Å². The first-order chi connectivity index (χ1) is 11.6. The molecule has 4 aliphatic rings. The maximum Gasteiger partial charge on any atom is 0.312 e. The first-order valence-electron chi connectivity index (χ1n) is 10.7. The molecule has 1 unspecified atom stereocenters. The Hall–Kier alpha value is -0.530. The predicted molar refractivity (Wildman–Crippen MR) is 103 cm³/mol. The van der Waals surface area contributed by atoms with Crippen molar-refractivity contribution in [3.63, 3.8) is 0 Å². The van der Waals surface area contributed by atoms with Crippen molar-refractivity contribution in [2.45, 2.75) is 92.9 Å². The third-order valence-electron chi connectivity index (χ3n) is 8.22. The van der Waals surface area contributed by atoms with Crippen molar-refractivity contribution in [2.24, 2.45) is 39.9 Å². The smallest absolute Gasteiger partial charge is 0.312 e. The molecule has 4 bridgehead atoms. The molecule has 0 radical (unpaired) electrons. The number of hydrogen-bond acceptors (Lipinski definition) is 2. The average Bonchev–Trinajstić information content (AvgIpc) is 2.50. The fraction of sp³-hybridized carbons (Fsp3) is 0.957. The highest BCUT2D eigenvalue weighted by Crippen LogP contribution is 2.60. The van der Waals surface area contributed by atoms with E-state index in [1.165, 1.54) is 38.5 Å². The molecule has 144 valence electrons. The van der Waals surface area contributed by atoms with E-state index in [9.17, 15) is 4.79 Å². The summed E-state index contributed by atoms with van der Waals surface area (Å²) in [4.78, 5) is 13.2. The lowest BCUT2D eigenvalue weighted by atomic mass is 9.50. The van der Waals surface area contributed by atoms with Crippen molar-refractivity contribution < 1.29 is 9.53 Å². The van der Waals surface area contributed by atoms with Gasteiger partial charge in [0, 0.05) is 5.41 Å². The molecule has 0 N–H and O–H groups in total. The van der Waals surface area contributed by atoms with Crippen LogP contribution in [0.2, 0.25) is 0 Å². The van der Waals surface area contributed by atoms with E-state index in [0.29, 0.717) is 17.9 Å². The molecule has 4 saturated carbocycles. The third kappa shape index (κ3) is 3.78. The Bertz CT molecular complexity index is 469. The quantitative estimate of drug-likeness (QED) is 0.509. The SMILES string of the molecule is CCC(C)(C)CC(C)(C(=O)OCC12CC3CC(CC(C3)C1)C2)C(C)C. The van der Waals surface area contributed by atoms with Gasteiger partial charge in [0.2, 0.25) is 0 Å². The summed E-state index contributed by atoms with van der Waals surface area (Å²) < 4.78 is 6.10. The predicted octanol–water partition coefficient (Wildman–Crippen LogP) is 6.23. The molecule has 4 aliphatic carbocycles. The number of hydrogen-bond donors (Lipinski definition) is 0. The number of esters is 1. The van der Waals surface area contributed by atoms with Crippen molar-refractivity contribution in [2.75, 3.05) is 6.61 Å². The van der Waals surface area contributed by atoms with Gasteiger partial charge in [0.05, 0.1) is 12.0 Å². The van der Waals surface area contributed by atoms with Crippen LogP contribution < -0.4 is 0 Å². The maximum absolute atomic E-state index is 13.2. The lowest BCUT2D eigenvalue weighted by Crippen LogP contribution is -2.49. The molecule has 0 aromatic carbocycles. The van der Waals surface area contributed by atoms with Crippen LogP contribution in [0.5, 0.6) is 0 Å². The Kier molecular flexibility index (Phi) is 5.06. The molecular formula is C23H40O2. The van der Waals surface area contributed by atoms with Crippen molar-refractivity contribution in [3.8, 4) is 0 Å². The van der Waals surface area contributed by atoms with Gasteiger partial charge in [-0.2, -0.15) is 0 Å². The fourth-order valence-electron chi connectivity index (χ4n) is 6.48. The highest BCUT2D eigenvalue weighted by atomic mass is 16.5. The minimum Gasteiger partial charge on any atom is -0.465 e. The highest BCUT2D eigenvalue weighted by Gasteiger charge is 2.52. The summed E-state index contributed by atoms with van der Waals surface area (Å²) in [5, 5.41) is 0. The van der Waals surface area contributed by atoms with E-state index >= 15 is 0 Å². The van der Waals surface area contributed by atoms with E-state index in [0.717, 1.165) is 30.6 Å². The van der Waals surface area contributed by atoms with Crippen LogP contribution in [0.4, 0.5) is 0 Å². The molecule has 0 aliphatic heterocycles. The number of ether oxygens (including phenoxy) is 1. The summed E-state index contributed by atoms with van der Waals surface area (Å²) in [6, 6.07) is 0. The second-order valence-electron chi connectivity index (χ2n) is 11.3. The molecule has 4 rings (SSSR count). The molecule has 0 aromatic heterocycles. The van der Waals surface area contributed by atoms with Crippen LogP contribution >= 0.6 is 0 Å². The monoisotopic (exact) mass is 348 g/mol. The molecule has 1 atom stereocenters. The number of carbonyl (C=O) groups is 1. The number of carbonyl (C=O) groups excluding carboxylic acids is 1. The molecule has 0 aromatic rings. The van der Waals surface area contributed by atoms with Gasteiger partial charge in [-0.05, 0) is 81.0 Å². The van der Waals surface area contributed by atoms with Crippen LogP contribution in [-0.4, -0.2) is 12.6 Å². The minimum absolute atomic E-state index is 0.0553. The van der Waals surface area contributed by atoms with Gasteiger partial charge in [0.1, 0.15) is 0 Å². The average molecular weight is 349 g/mol. The Balaban J connectivity index is 1.66. The van der Waals surface area contributed by atoms with E-state index in [1.807, 2.05) is 0 Å². The molecule has 2 heteroatoms. The molecular weight excluding hydrogens is 308 g/mol. The zero-order chi connectivity index (χ0) is 18.5. The van der Waals surface area contributed by atoms with E-state index in [4.69, 9.17) is 4.74 Å². The molecule has 25 heavy (non-hydrogen) atoms. The Morgan fingerprint density at radius 1 is 1.04 bits per heavy atom. The van der Waals surface area contributed by atoms with Gasteiger partial charge in [0.25, 0.3) is 0 Å². The standard InChI is InChI=1S/C23H40O2/c1-7-21(4,5)14-22(6,16(2)3)20(24)25-15-23-11-17-8-18(12-23)10-19(9-17)13-23/h16-19H,7-15H2,1-6H3. The summed E-state index contributed by atoms with van der Waals surface area (Å²) >= 11 is 0. The van der Waals surface area contributed by atoms with Crippen molar-refractivity contribution >= 4 is 5.97 Å². The van der Waals surface area contributed by atoms with Gasteiger partial charge >= 0.3 is 5.97 Å². The summed E-state index contributed by atoms with van der Waals surface area (Å²) in [7, 11) is 0. The van der Waals surface area contributed by atoms with Crippen LogP contribution in [0.3, 0.4) is 0 Å². The van der Waals surface area contributed by atoms with Gasteiger partial charge < -0.3 is 4.74 Å². The lowest BCUT2D eigenvalue weighted by molar-refractivity contribution is -0.171. The lowest BCUT2D eigenvalue weighted by Gasteiger charge is -2.56. The van der Waals surface area contributed by atoms with Gasteiger partial charge in [-0.3, -0.25) is 4.79 Å². The summed E-state index contributed by atoms with van der Waals surface area (Å²) in [5.74, 6) is 3.11. The van der Waals surface area contributed by atoms with E-state index in [1.54, 1.807) is 0 Å². The van der Waals surface area contributed by atoms with E-state index in [2.05, 4.69) is 41.5 Å². The van der Waals surface area contributed by atoms with Crippen molar-refractivity contribution in [1.29, 1.82) is 0 Å². The molecule has 2 nitrogen and oxygen atoms in total. The van der Waals surface area contributed by atoms with Crippen LogP contribution in [0.15, 0.2) is 0 Å². The first-order valence-corrected chi connectivity index (χ1v) is 10.7. The highest BCUT2D eigenvalue weighted by molar-refractivity contribution is 5.76. The molecule has 0 amide bonds. The molecule has 4 fully saturated rings. The van der Waals surface area contributed by atoms with Crippen LogP contribution in [0, 0.1) is 39.9 Å². The first kappa shape index (κ1) is 19.2. The Morgan fingerprint density at radius 3 is 1.92 bits per heavy atom. The molecule has 0 heterocycles. The molecule has 0 saturated heterocycles. The number of rotatable bonds is 7. The zero-order valence-corrected chi connectivity index (χ0v) is 17.5. The van der Waals surface area contributed by atoms with Gasteiger partial charge in [-0.1, -0.05) is 41.0 Å². The topological polar surface area (TPSA) is 26.3 Å². The second kappa shape index (κ2) is 6.57. The Morgan fingerprint density at radius 2 is 1.52 bits per heavy atom. The fourth-order valence-corrected chi connectivity index (χ4v) is 6.48. The second-order valence-corrected chi connectivity index (χ2v) is 11.3. The van der Waals surface area contributed by atoms with Crippen molar-refractivity contribution in [1.82, 2.24) is 0 Å². The van der Waals surface area contributed by atoms with Gasteiger partial charge in [-0.25, -0.2) is 0 Å². The zero-order valence-electron chi connectivity index (χ0n) is 17.5. The summed E-state index contributed by atoms with van der Waals surface area (Å²) in [5.41, 5.74) is 0.128.